The van der Waals surface area contributed by atoms with Crippen LogP contribution < -0.4 is 15.8 Å². The molecule has 4 N–H and O–H groups in total. The lowest BCUT2D eigenvalue weighted by atomic mass is 10.0. The normalized spacial score (nSPS) is 12.8. The summed E-state index contributed by atoms with van der Waals surface area (Å²) < 4.78 is 27.6. The van der Waals surface area contributed by atoms with E-state index < -0.39 is 22.0 Å². The molecule has 0 saturated carbocycles. The highest BCUT2D eigenvalue weighted by Gasteiger charge is 2.24. The largest absolute Gasteiger partial charge is 0.368 e. The van der Waals surface area contributed by atoms with Crippen LogP contribution >= 0.6 is 0 Å². The number of hydrogen-bond acceptors (Lipinski definition) is 7. The summed E-state index contributed by atoms with van der Waals surface area (Å²) in [4.78, 5) is 20.7. The maximum atomic E-state index is 12.7. The monoisotopic (exact) mass is 405 g/mol. The van der Waals surface area contributed by atoms with Gasteiger partial charge in [0.25, 0.3) is 15.9 Å². The summed E-state index contributed by atoms with van der Waals surface area (Å²) in [5.41, 5.74) is 7.61. The third kappa shape index (κ3) is 5.49. The predicted octanol–water partition coefficient (Wildman–Crippen LogP) is 1.73. The number of nitrogens with two attached hydrogens (primary N) is 1. The van der Waals surface area contributed by atoms with Crippen LogP contribution in [0.3, 0.4) is 0 Å². The summed E-state index contributed by atoms with van der Waals surface area (Å²) in [5, 5.41) is 2.86. The molecule has 28 heavy (non-hydrogen) atoms. The maximum absolute atomic E-state index is 12.7. The first-order valence-corrected chi connectivity index (χ1v) is 10.6. The fourth-order valence-electron chi connectivity index (χ4n) is 2.76. The van der Waals surface area contributed by atoms with Crippen molar-refractivity contribution in [2.24, 2.45) is 5.92 Å². The smallest absolute Gasteiger partial charge is 0.264 e. The number of benzene rings is 1. The molecule has 0 saturated heterocycles. The van der Waals surface area contributed by atoms with Gasteiger partial charge in [0.15, 0.2) is 0 Å². The molecular formula is C19H27N5O3S. The van der Waals surface area contributed by atoms with Crippen molar-refractivity contribution in [2.45, 2.75) is 44.6 Å². The van der Waals surface area contributed by atoms with Gasteiger partial charge in [0.2, 0.25) is 5.95 Å². The van der Waals surface area contributed by atoms with Crippen LogP contribution in [0.1, 0.15) is 32.9 Å². The van der Waals surface area contributed by atoms with Crippen molar-refractivity contribution in [1.82, 2.24) is 20.0 Å². The van der Waals surface area contributed by atoms with Crippen molar-refractivity contribution in [3.05, 3.63) is 36.0 Å². The van der Waals surface area contributed by atoms with Gasteiger partial charge in [-0.25, -0.2) is 23.1 Å². The van der Waals surface area contributed by atoms with Crippen LogP contribution in [0.2, 0.25) is 0 Å². The molecule has 1 aromatic heterocycles. The molecule has 0 aliphatic carbocycles. The molecule has 1 atom stereocenters. The molecule has 152 valence electrons. The van der Waals surface area contributed by atoms with E-state index in [1.54, 1.807) is 25.2 Å². The first-order chi connectivity index (χ1) is 13.2. The zero-order valence-corrected chi connectivity index (χ0v) is 17.4. The molecule has 0 aliphatic heterocycles. The second-order valence-corrected chi connectivity index (χ2v) is 8.61. The first kappa shape index (κ1) is 21.8. The number of amides is 1. The van der Waals surface area contributed by atoms with E-state index in [0.29, 0.717) is 24.1 Å². The molecule has 8 nitrogen and oxygen atoms in total. The van der Waals surface area contributed by atoms with Gasteiger partial charge in [-0.2, -0.15) is 0 Å². The van der Waals surface area contributed by atoms with Crippen LogP contribution in [0.5, 0.6) is 0 Å². The second kappa shape index (κ2) is 9.11. The lowest BCUT2D eigenvalue weighted by Crippen LogP contribution is -2.45. The van der Waals surface area contributed by atoms with E-state index in [1.165, 1.54) is 12.1 Å². The van der Waals surface area contributed by atoms with E-state index in [0.717, 1.165) is 5.69 Å². The van der Waals surface area contributed by atoms with Gasteiger partial charge in [0.1, 0.15) is 0 Å². The Kier molecular flexibility index (Phi) is 7.09. The highest BCUT2D eigenvalue weighted by molar-refractivity contribution is 7.90. The van der Waals surface area contributed by atoms with E-state index in [9.17, 15) is 13.2 Å². The third-order valence-corrected chi connectivity index (χ3v) is 5.55. The Morgan fingerprint density at radius 2 is 1.93 bits per heavy atom. The summed E-state index contributed by atoms with van der Waals surface area (Å²) in [6.45, 7) is 5.87. The summed E-state index contributed by atoms with van der Waals surface area (Å²) >= 11 is 0. The fourth-order valence-corrected chi connectivity index (χ4v) is 3.82. The van der Waals surface area contributed by atoms with Gasteiger partial charge in [-0.05, 0) is 44.0 Å². The summed E-state index contributed by atoms with van der Waals surface area (Å²) in [6, 6.07) is 7.40. The highest BCUT2D eigenvalue weighted by atomic mass is 32.2. The SMILES string of the molecule is CCc1cc(-c2cccc(S(=O)(=O)NC(=O)C(CC(C)C)NC)c2)nc(N)n1. The molecule has 0 bridgehead atoms. The van der Waals surface area contributed by atoms with Crippen LogP contribution in [0.4, 0.5) is 5.95 Å². The zero-order chi connectivity index (χ0) is 20.9. The molecular weight excluding hydrogens is 378 g/mol. The van der Waals surface area contributed by atoms with Crippen LogP contribution in [0.25, 0.3) is 11.3 Å². The minimum Gasteiger partial charge on any atom is -0.368 e. The first-order valence-electron chi connectivity index (χ1n) is 9.14. The van der Waals surface area contributed by atoms with E-state index in [4.69, 9.17) is 5.73 Å². The number of nitrogens with one attached hydrogen (secondary N) is 2. The second-order valence-electron chi connectivity index (χ2n) is 6.92. The lowest BCUT2D eigenvalue weighted by molar-refractivity contribution is -0.121. The van der Waals surface area contributed by atoms with Gasteiger partial charge in [0, 0.05) is 11.3 Å². The van der Waals surface area contributed by atoms with E-state index >= 15 is 0 Å². The predicted molar refractivity (Wildman–Crippen MR) is 109 cm³/mol. The van der Waals surface area contributed by atoms with Gasteiger partial charge in [0.05, 0.1) is 16.6 Å². The van der Waals surface area contributed by atoms with Gasteiger partial charge < -0.3 is 11.1 Å². The highest BCUT2D eigenvalue weighted by Crippen LogP contribution is 2.22. The quantitative estimate of drug-likeness (QED) is 0.610. The summed E-state index contributed by atoms with van der Waals surface area (Å²) in [7, 11) is -2.39. The summed E-state index contributed by atoms with van der Waals surface area (Å²) in [5.74, 6) is -0.215. The molecule has 1 unspecified atom stereocenters. The van der Waals surface area contributed by atoms with Crippen molar-refractivity contribution >= 4 is 21.9 Å². The van der Waals surface area contributed by atoms with Crippen molar-refractivity contribution in [3.63, 3.8) is 0 Å². The molecule has 0 spiro atoms. The number of carbonyl (C=O) groups is 1. The van der Waals surface area contributed by atoms with Crippen molar-refractivity contribution in [1.29, 1.82) is 0 Å². The van der Waals surface area contributed by atoms with E-state index in [-0.39, 0.29) is 16.8 Å². The average Bonchev–Trinajstić information content (AvgIpc) is 2.65. The van der Waals surface area contributed by atoms with Crippen LogP contribution in [-0.2, 0) is 21.2 Å². The number of likely N-dealkylation sites (N-methyl/N-ethyl adjacent to an activating group) is 1. The Labute approximate surface area is 166 Å². The van der Waals surface area contributed by atoms with Crippen LogP contribution in [0.15, 0.2) is 35.2 Å². The summed E-state index contributed by atoms with van der Waals surface area (Å²) in [6.07, 6.45) is 1.20. The number of anilines is 1. The molecule has 2 rings (SSSR count). The number of hydrogen-bond donors (Lipinski definition) is 3. The number of rotatable bonds is 8. The van der Waals surface area contributed by atoms with Gasteiger partial charge in [-0.1, -0.05) is 32.9 Å². The number of aromatic nitrogens is 2. The standard InChI is InChI=1S/C19H27N5O3S/c1-5-14-11-16(23-19(20)22-14)13-7-6-8-15(10-13)28(26,27)24-18(25)17(21-4)9-12(2)3/h6-8,10-12,17,21H,5,9H2,1-4H3,(H,24,25)(H2,20,22,23). The number of carbonyl (C=O) groups excluding carboxylic acids is 1. The Hall–Kier alpha value is -2.52. The minimum absolute atomic E-state index is 0.0204. The van der Waals surface area contributed by atoms with Gasteiger partial charge in [-0.3, -0.25) is 4.79 Å². The lowest BCUT2D eigenvalue weighted by Gasteiger charge is -2.18. The molecule has 1 heterocycles. The number of nitrogens with zero attached hydrogens (tertiary/aromatic N) is 2. The van der Waals surface area contributed by atoms with Gasteiger partial charge in [-0.15, -0.1) is 0 Å². The Morgan fingerprint density at radius 1 is 1.21 bits per heavy atom. The number of sulfonamides is 1. The molecule has 0 fully saturated rings. The molecule has 0 radical (unpaired) electrons. The van der Waals surface area contributed by atoms with Gasteiger partial charge >= 0.3 is 0 Å². The van der Waals surface area contributed by atoms with Crippen LogP contribution in [-0.4, -0.2) is 37.4 Å². The average molecular weight is 406 g/mol. The molecule has 0 aliphatic rings. The Bertz CT molecular complexity index is 944. The fraction of sp³-hybridized carbons (Fsp3) is 0.421. The maximum Gasteiger partial charge on any atom is 0.264 e. The zero-order valence-electron chi connectivity index (χ0n) is 16.6. The van der Waals surface area contributed by atoms with Crippen molar-refractivity contribution in [2.75, 3.05) is 12.8 Å². The van der Waals surface area contributed by atoms with E-state index in [2.05, 4.69) is 20.0 Å². The van der Waals surface area contributed by atoms with Crippen LogP contribution in [0, 0.1) is 5.92 Å². The van der Waals surface area contributed by atoms with Crippen molar-refractivity contribution < 1.29 is 13.2 Å². The molecule has 1 amide bonds. The van der Waals surface area contributed by atoms with Crippen molar-refractivity contribution in [3.8, 4) is 11.3 Å². The Morgan fingerprint density at radius 3 is 2.54 bits per heavy atom. The molecule has 1 aromatic carbocycles. The number of aryl methyl sites for hydroxylation is 1. The number of nitrogen functional groups attached to an aromatic ring is 1. The van der Waals surface area contributed by atoms with E-state index in [1.807, 2.05) is 20.8 Å². The topological polar surface area (TPSA) is 127 Å². The Balaban J connectivity index is 2.31. The minimum atomic E-state index is -4.02. The third-order valence-electron chi connectivity index (χ3n) is 4.21. The molecule has 2 aromatic rings. The molecule has 9 heteroatoms.